The minimum atomic E-state index is -0.535. The summed E-state index contributed by atoms with van der Waals surface area (Å²) in [6.07, 6.45) is 0.181. The van der Waals surface area contributed by atoms with Crippen molar-refractivity contribution < 1.29 is 14.3 Å². The first-order valence-corrected chi connectivity index (χ1v) is 8.14. The summed E-state index contributed by atoms with van der Waals surface area (Å²) < 4.78 is 11.0. The maximum Gasteiger partial charge on any atom is 0.260 e. The highest BCUT2D eigenvalue weighted by atomic mass is 16.5. The van der Waals surface area contributed by atoms with Gasteiger partial charge in [0, 0.05) is 6.54 Å². The van der Waals surface area contributed by atoms with Crippen molar-refractivity contribution in [2.75, 3.05) is 13.7 Å². The molecule has 2 rings (SSSR count). The summed E-state index contributed by atoms with van der Waals surface area (Å²) >= 11 is 0. The van der Waals surface area contributed by atoms with Gasteiger partial charge < -0.3 is 14.8 Å². The molecule has 0 aromatic heterocycles. The van der Waals surface area contributed by atoms with Crippen LogP contribution in [0.5, 0.6) is 11.5 Å². The molecule has 4 heteroatoms. The number of aryl methyl sites for hydroxylation is 2. The van der Waals surface area contributed by atoms with E-state index in [1.807, 2.05) is 50.2 Å². The Bertz CT molecular complexity index is 680. The number of hydrogen-bond acceptors (Lipinski definition) is 3. The first kappa shape index (κ1) is 17.9. The lowest BCUT2D eigenvalue weighted by molar-refractivity contribution is -0.127. The quantitative estimate of drug-likeness (QED) is 0.847. The molecule has 4 nitrogen and oxygen atoms in total. The summed E-state index contributed by atoms with van der Waals surface area (Å²) in [5, 5.41) is 2.91. The van der Waals surface area contributed by atoms with Gasteiger partial charge in [-0.1, -0.05) is 35.4 Å². The summed E-state index contributed by atoms with van der Waals surface area (Å²) in [4.78, 5) is 12.2. The SMILES string of the molecule is COc1ccc(C)cc1CCNC(=O)C(C)Oc1ccc(C)cc1. The Morgan fingerprint density at radius 2 is 1.75 bits per heavy atom. The molecule has 0 radical (unpaired) electrons. The minimum Gasteiger partial charge on any atom is -0.496 e. The highest BCUT2D eigenvalue weighted by Gasteiger charge is 2.14. The van der Waals surface area contributed by atoms with Gasteiger partial charge in [-0.25, -0.2) is 0 Å². The summed E-state index contributed by atoms with van der Waals surface area (Å²) in [7, 11) is 1.66. The molecular formula is C20H25NO3. The van der Waals surface area contributed by atoms with Crippen LogP contribution >= 0.6 is 0 Å². The van der Waals surface area contributed by atoms with Gasteiger partial charge in [-0.2, -0.15) is 0 Å². The van der Waals surface area contributed by atoms with Crippen LogP contribution in [0.2, 0.25) is 0 Å². The average molecular weight is 327 g/mol. The van der Waals surface area contributed by atoms with Crippen LogP contribution in [-0.4, -0.2) is 25.7 Å². The van der Waals surface area contributed by atoms with Crippen LogP contribution in [0.1, 0.15) is 23.6 Å². The molecular weight excluding hydrogens is 302 g/mol. The van der Waals surface area contributed by atoms with Crippen LogP contribution in [0.3, 0.4) is 0 Å². The molecule has 0 fully saturated rings. The van der Waals surface area contributed by atoms with Crippen LogP contribution in [-0.2, 0) is 11.2 Å². The second-order valence-electron chi connectivity index (χ2n) is 5.93. The first-order chi connectivity index (χ1) is 11.5. The number of benzene rings is 2. The van der Waals surface area contributed by atoms with Gasteiger partial charge in [-0.15, -0.1) is 0 Å². The Labute approximate surface area is 143 Å². The van der Waals surface area contributed by atoms with Gasteiger partial charge in [0.05, 0.1) is 7.11 Å². The summed E-state index contributed by atoms with van der Waals surface area (Å²) in [5.41, 5.74) is 3.42. The molecule has 0 heterocycles. The van der Waals surface area contributed by atoms with Crippen molar-refractivity contribution in [1.29, 1.82) is 0 Å². The fourth-order valence-corrected chi connectivity index (χ4v) is 2.44. The lowest BCUT2D eigenvalue weighted by Crippen LogP contribution is -2.37. The molecule has 2 aromatic rings. The van der Waals surface area contributed by atoms with Gasteiger partial charge in [-0.3, -0.25) is 4.79 Å². The molecule has 1 atom stereocenters. The van der Waals surface area contributed by atoms with Gasteiger partial charge in [0.2, 0.25) is 0 Å². The van der Waals surface area contributed by atoms with E-state index in [0.717, 1.165) is 16.9 Å². The van der Waals surface area contributed by atoms with Crippen molar-refractivity contribution in [3.63, 3.8) is 0 Å². The van der Waals surface area contributed by atoms with E-state index < -0.39 is 6.10 Å². The van der Waals surface area contributed by atoms with E-state index in [-0.39, 0.29) is 5.91 Å². The standard InChI is InChI=1S/C20H25NO3/c1-14-5-8-18(9-6-14)24-16(3)20(22)21-12-11-17-13-15(2)7-10-19(17)23-4/h5-10,13,16H,11-12H2,1-4H3,(H,21,22). The lowest BCUT2D eigenvalue weighted by atomic mass is 10.1. The smallest absolute Gasteiger partial charge is 0.260 e. The number of hydrogen-bond donors (Lipinski definition) is 1. The summed E-state index contributed by atoms with van der Waals surface area (Å²) in [5.74, 6) is 1.42. The molecule has 0 saturated heterocycles. The van der Waals surface area contributed by atoms with E-state index in [9.17, 15) is 4.79 Å². The third-order valence-electron chi connectivity index (χ3n) is 3.83. The van der Waals surface area contributed by atoms with Crippen LogP contribution in [0.15, 0.2) is 42.5 Å². The first-order valence-electron chi connectivity index (χ1n) is 8.14. The fourth-order valence-electron chi connectivity index (χ4n) is 2.44. The normalized spacial score (nSPS) is 11.7. The van der Waals surface area contributed by atoms with Crippen molar-refractivity contribution in [1.82, 2.24) is 5.32 Å². The molecule has 0 bridgehead atoms. The molecule has 0 aliphatic heterocycles. The van der Waals surface area contributed by atoms with Gasteiger partial charge >= 0.3 is 0 Å². The monoisotopic (exact) mass is 327 g/mol. The summed E-state index contributed by atoms with van der Waals surface area (Å²) in [6.45, 7) is 6.35. The maximum absolute atomic E-state index is 12.2. The van der Waals surface area contributed by atoms with Gasteiger partial charge in [0.15, 0.2) is 6.10 Å². The summed E-state index contributed by atoms with van der Waals surface area (Å²) in [6, 6.07) is 13.7. The zero-order valence-electron chi connectivity index (χ0n) is 14.8. The Kier molecular flexibility index (Phi) is 6.24. The Morgan fingerprint density at radius 3 is 2.42 bits per heavy atom. The van der Waals surface area contributed by atoms with Gasteiger partial charge in [-0.05, 0) is 51.0 Å². The van der Waals surface area contributed by atoms with E-state index in [2.05, 4.69) is 11.4 Å². The molecule has 2 aromatic carbocycles. The molecule has 0 aliphatic carbocycles. The minimum absolute atomic E-state index is 0.123. The van der Waals surface area contributed by atoms with Crippen molar-refractivity contribution in [2.24, 2.45) is 0 Å². The Morgan fingerprint density at radius 1 is 1.08 bits per heavy atom. The van der Waals surface area contributed by atoms with E-state index in [1.54, 1.807) is 14.0 Å². The molecule has 1 unspecified atom stereocenters. The topological polar surface area (TPSA) is 47.6 Å². The van der Waals surface area contributed by atoms with E-state index in [1.165, 1.54) is 5.56 Å². The number of ether oxygens (including phenoxy) is 2. The number of rotatable bonds is 7. The Balaban J connectivity index is 1.84. The van der Waals surface area contributed by atoms with Crippen LogP contribution in [0, 0.1) is 13.8 Å². The van der Waals surface area contributed by atoms with Crippen LogP contribution in [0.25, 0.3) is 0 Å². The average Bonchev–Trinajstić information content (AvgIpc) is 2.57. The Hall–Kier alpha value is -2.49. The second kappa shape index (κ2) is 8.39. The zero-order chi connectivity index (χ0) is 17.5. The van der Waals surface area contributed by atoms with Crippen LogP contribution < -0.4 is 14.8 Å². The third kappa shape index (κ3) is 5.01. The molecule has 1 N–H and O–H groups in total. The van der Waals surface area contributed by atoms with Crippen molar-refractivity contribution in [3.8, 4) is 11.5 Å². The molecule has 0 aliphatic rings. The number of methoxy groups -OCH3 is 1. The molecule has 1 amide bonds. The fraction of sp³-hybridized carbons (Fsp3) is 0.350. The van der Waals surface area contributed by atoms with Crippen molar-refractivity contribution in [3.05, 3.63) is 59.2 Å². The molecule has 24 heavy (non-hydrogen) atoms. The predicted molar refractivity (Wildman–Crippen MR) is 95.7 cm³/mol. The van der Waals surface area contributed by atoms with E-state index >= 15 is 0 Å². The molecule has 128 valence electrons. The van der Waals surface area contributed by atoms with Crippen molar-refractivity contribution in [2.45, 2.75) is 33.3 Å². The highest BCUT2D eigenvalue weighted by Crippen LogP contribution is 2.19. The predicted octanol–water partition coefficient (Wildman–Crippen LogP) is 3.44. The number of amides is 1. The molecule has 0 spiro atoms. The lowest BCUT2D eigenvalue weighted by Gasteiger charge is -2.15. The second-order valence-corrected chi connectivity index (χ2v) is 5.93. The largest absolute Gasteiger partial charge is 0.496 e. The number of carbonyl (C=O) groups excluding carboxylic acids is 1. The molecule has 0 saturated carbocycles. The van der Waals surface area contributed by atoms with Crippen molar-refractivity contribution >= 4 is 5.91 Å². The van der Waals surface area contributed by atoms with Gasteiger partial charge in [0.1, 0.15) is 11.5 Å². The maximum atomic E-state index is 12.2. The third-order valence-corrected chi connectivity index (χ3v) is 3.83. The van der Waals surface area contributed by atoms with E-state index in [4.69, 9.17) is 9.47 Å². The van der Waals surface area contributed by atoms with Crippen LogP contribution in [0.4, 0.5) is 0 Å². The number of nitrogens with one attached hydrogen (secondary N) is 1. The zero-order valence-corrected chi connectivity index (χ0v) is 14.8. The number of carbonyl (C=O) groups is 1. The van der Waals surface area contributed by atoms with E-state index in [0.29, 0.717) is 18.7 Å². The van der Waals surface area contributed by atoms with Gasteiger partial charge in [0.25, 0.3) is 5.91 Å². The highest BCUT2D eigenvalue weighted by molar-refractivity contribution is 5.80.